The van der Waals surface area contributed by atoms with Gasteiger partial charge in [-0.1, -0.05) is 12.2 Å². The standard InChI is InChI=1S/C18H23N5OS/c1-13(16(12-19)17(20)25)22-8-10-23(11-9-22)15-6-4-14(5-7-15)18(24)21(2)3/h4-7H,8-11H2,1-3H3,(H2,20,25)/b16-13+. The van der Waals surface area contributed by atoms with Gasteiger partial charge in [0.05, 0.1) is 0 Å². The second kappa shape index (κ2) is 7.99. The number of hydrogen-bond acceptors (Lipinski definition) is 5. The van der Waals surface area contributed by atoms with E-state index in [4.69, 9.17) is 18.0 Å². The number of thiocarbonyl (C=S) groups is 1. The fourth-order valence-electron chi connectivity index (χ4n) is 2.85. The highest BCUT2D eigenvalue weighted by Crippen LogP contribution is 2.20. The van der Waals surface area contributed by atoms with Crippen LogP contribution in [0.15, 0.2) is 35.5 Å². The Labute approximate surface area is 154 Å². The first-order chi connectivity index (χ1) is 11.8. The van der Waals surface area contributed by atoms with Gasteiger partial charge < -0.3 is 20.4 Å². The quantitative estimate of drug-likeness (QED) is 0.501. The van der Waals surface area contributed by atoms with E-state index in [1.807, 2.05) is 31.2 Å². The summed E-state index contributed by atoms with van der Waals surface area (Å²) in [6, 6.07) is 9.76. The monoisotopic (exact) mass is 357 g/mol. The first-order valence-corrected chi connectivity index (χ1v) is 8.48. The highest BCUT2D eigenvalue weighted by atomic mass is 32.1. The molecule has 1 aromatic carbocycles. The number of nitriles is 1. The Kier molecular flexibility index (Phi) is 5.99. The number of benzene rings is 1. The van der Waals surface area contributed by atoms with Crippen molar-refractivity contribution in [2.45, 2.75) is 6.92 Å². The maximum absolute atomic E-state index is 12.0. The summed E-state index contributed by atoms with van der Waals surface area (Å²) in [6.07, 6.45) is 0. The lowest BCUT2D eigenvalue weighted by molar-refractivity contribution is 0.0827. The van der Waals surface area contributed by atoms with Crippen LogP contribution in [-0.4, -0.2) is 61.0 Å². The van der Waals surface area contributed by atoms with E-state index in [0.717, 1.165) is 37.6 Å². The smallest absolute Gasteiger partial charge is 0.253 e. The van der Waals surface area contributed by atoms with Gasteiger partial charge in [0.1, 0.15) is 16.6 Å². The Bertz CT molecular complexity index is 725. The lowest BCUT2D eigenvalue weighted by atomic mass is 10.1. The van der Waals surface area contributed by atoms with Crippen molar-refractivity contribution in [3.05, 3.63) is 41.1 Å². The number of allylic oxidation sites excluding steroid dienone is 1. The SMILES string of the molecule is C/C(=C(/C#N)C(N)=S)N1CCN(c2ccc(C(=O)N(C)C)cc2)CC1. The van der Waals surface area contributed by atoms with Gasteiger partial charge in [0.25, 0.3) is 5.91 Å². The molecule has 1 amide bonds. The van der Waals surface area contributed by atoms with Crippen molar-refractivity contribution in [1.29, 1.82) is 5.26 Å². The van der Waals surface area contributed by atoms with Crippen molar-refractivity contribution in [1.82, 2.24) is 9.80 Å². The van der Waals surface area contributed by atoms with Crippen LogP contribution < -0.4 is 10.6 Å². The minimum absolute atomic E-state index is 0.00100. The lowest BCUT2D eigenvalue weighted by Crippen LogP contribution is -2.46. The molecule has 132 valence electrons. The van der Waals surface area contributed by atoms with E-state index in [0.29, 0.717) is 11.1 Å². The van der Waals surface area contributed by atoms with E-state index in [2.05, 4.69) is 15.9 Å². The maximum atomic E-state index is 12.0. The van der Waals surface area contributed by atoms with Crippen LogP contribution in [0.25, 0.3) is 0 Å². The minimum Gasteiger partial charge on any atom is -0.389 e. The van der Waals surface area contributed by atoms with Gasteiger partial charge in [0.15, 0.2) is 0 Å². The van der Waals surface area contributed by atoms with Crippen LogP contribution >= 0.6 is 12.2 Å². The Morgan fingerprint density at radius 1 is 1.20 bits per heavy atom. The number of amides is 1. The van der Waals surface area contributed by atoms with E-state index in [9.17, 15) is 10.1 Å². The van der Waals surface area contributed by atoms with Gasteiger partial charge in [0.2, 0.25) is 0 Å². The summed E-state index contributed by atoms with van der Waals surface area (Å²) in [5.74, 6) is -0.00100. The summed E-state index contributed by atoms with van der Waals surface area (Å²) in [6.45, 7) is 5.12. The van der Waals surface area contributed by atoms with Gasteiger partial charge in [0, 0.05) is 57.2 Å². The van der Waals surface area contributed by atoms with E-state index in [-0.39, 0.29) is 10.9 Å². The van der Waals surface area contributed by atoms with Gasteiger partial charge >= 0.3 is 0 Å². The molecule has 1 aromatic rings. The molecular weight excluding hydrogens is 334 g/mol. The van der Waals surface area contributed by atoms with E-state index in [1.165, 1.54) is 0 Å². The molecule has 2 N–H and O–H groups in total. The lowest BCUT2D eigenvalue weighted by Gasteiger charge is -2.38. The largest absolute Gasteiger partial charge is 0.389 e. The maximum Gasteiger partial charge on any atom is 0.253 e. The summed E-state index contributed by atoms with van der Waals surface area (Å²) in [7, 11) is 3.49. The third-order valence-corrected chi connectivity index (χ3v) is 4.56. The van der Waals surface area contributed by atoms with Crippen LogP contribution in [0.4, 0.5) is 5.69 Å². The van der Waals surface area contributed by atoms with E-state index in [1.54, 1.807) is 19.0 Å². The Morgan fingerprint density at radius 2 is 1.76 bits per heavy atom. The zero-order chi connectivity index (χ0) is 18.6. The second-order valence-corrected chi connectivity index (χ2v) is 6.60. The van der Waals surface area contributed by atoms with Crippen LogP contribution in [0.1, 0.15) is 17.3 Å². The zero-order valence-corrected chi connectivity index (χ0v) is 15.6. The Balaban J connectivity index is 2.04. The second-order valence-electron chi connectivity index (χ2n) is 6.16. The molecule has 1 aliphatic rings. The third-order valence-electron chi connectivity index (χ3n) is 4.36. The van der Waals surface area contributed by atoms with Gasteiger partial charge in [-0.25, -0.2) is 0 Å². The summed E-state index contributed by atoms with van der Waals surface area (Å²) < 4.78 is 0. The Morgan fingerprint density at radius 3 is 2.20 bits per heavy atom. The van der Waals surface area contributed by atoms with Gasteiger partial charge in [-0.05, 0) is 31.2 Å². The van der Waals surface area contributed by atoms with Crippen molar-refractivity contribution in [2.24, 2.45) is 5.73 Å². The van der Waals surface area contributed by atoms with Crippen LogP contribution in [0.2, 0.25) is 0 Å². The van der Waals surface area contributed by atoms with Crippen molar-refractivity contribution < 1.29 is 4.79 Å². The molecule has 0 atom stereocenters. The molecule has 0 spiro atoms. The predicted octanol–water partition coefficient (Wildman–Crippen LogP) is 1.59. The topological polar surface area (TPSA) is 76.6 Å². The third kappa shape index (κ3) is 4.28. The molecule has 1 saturated heterocycles. The highest BCUT2D eigenvalue weighted by molar-refractivity contribution is 7.80. The molecule has 1 heterocycles. The molecule has 7 heteroatoms. The number of nitrogens with two attached hydrogens (primary N) is 1. The molecule has 0 aliphatic carbocycles. The zero-order valence-electron chi connectivity index (χ0n) is 14.8. The molecule has 0 aromatic heterocycles. The molecular formula is C18H23N5OS. The number of nitrogens with zero attached hydrogens (tertiary/aromatic N) is 4. The van der Waals surface area contributed by atoms with Crippen molar-refractivity contribution in [3.8, 4) is 6.07 Å². The molecule has 2 rings (SSSR count). The number of rotatable bonds is 4. The first kappa shape index (κ1) is 18.7. The number of hydrogen-bond donors (Lipinski definition) is 1. The van der Waals surface area contributed by atoms with Crippen LogP contribution in [0.3, 0.4) is 0 Å². The Hall–Kier alpha value is -2.59. The molecule has 0 unspecified atom stereocenters. The fraction of sp³-hybridized carbons (Fsp3) is 0.389. The molecule has 25 heavy (non-hydrogen) atoms. The molecule has 0 radical (unpaired) electrons. The summed E-state index contributed by atoms with van der Waals surface area (Å²) in [5, 5.41) is 9.19. The van der Waals surface area contributed by atoms with Crippen LogP contribution in [-0.2, 0) is 0 Å². The molecule has 0 bridgehead atoms. The molecule has 1 aliphatic heterocycles. The van der Waals surface area contributed by atoms with Crippen molar-refractivity contribution in [2.75, 3.05) is 45.2 Å². The molecule has 1 fully saturated rings. The number of anilines is 1. The van der Waals surface area contributed by atoms with E-state index >= 15 is 0 Å². The summed E-state index contributed by atoms with van der Waals surface area (Å²) in [5.41, 5.74) is 8.61. The number of carbonyl (C=O) groups excluding carboxylic acids is 1. The highest BCUT2D eigenvalue weighted by Gasteiger charge is 2.20. The summed E-state index contributed by atoms with van der Waals surface area (Å²) in [4.78, 5) is 18.1. The fourth-order valence-corrected chi connectivity index (χ4v) is 3.04. The number of carbonyl (C=O) groups is 1. The number of piperazine rings is 1. The van der Waals surface area contributed by atoms with Crippen LogP contribution in [0.5, 0.6) is 0 Å². The molecule has 0 saturated carbocycles. The first-order valence-electron chi connectivity index (χ1n) is 8.07. The average molecular weight is 357 g/mol. The van der Waals surface area contributed by atoms with Crippen molar-refractivity contribution in [3.63, 3.8) is 0 Å². The normalized spacial score (nSPS) is 15.3. The van der Waals surface area contributed by atoms with Gasteiger partial charge in [-0.15, -0.1) is 0 Å². The molecule has 6 nitrogen and oxygen atoms in total. The summed E-state index contributed by atoms with van der Waals surface area (Å²) >= 11 is 4.94. The predicted molar refractivity (Wildman–Crippen MR) is 103 cm³/mol. The van der Waals surface area contributed by atoms with Gasteiger partial charge in [-0.3, -0.25) is 4.79 Å². The average Bonchev–Trinajstić information content (AvgIpc) is 2.61. The van der Waals surface area contributed by atoms with Gasteiger partial charge in [-0.2, -0.15) is 5.26 Å². The van der Waals surface area contributed by atoms with Crippen molar-refractivity contribution >= 4 is 28.8 Å². The van der Waals surface area contributed by atoms with Crippen LogP contribution in [0, 0.1) is 11.3 Å². The minimum atomic E-state index is -0.00100. The van der Waals surface area contributed by atoms with E-state index < -0.39 is 0 Å².